The average molecular weight is 342 g/mol. The van der Waals surface area contributed by atoms with Gasteiger partial charge in [0.05, 0.1) is 0 Å². The Bertz CT molecular complexity index is 673. The molecule has 7 heteroatoms. The molecule has 132 valence electrons. The summed E-state index contributed by atoms with van der Waals surface area (Å²) in [5.41, 5.74) is 0.606. The third-order valence-corrected chi connectivity index (χ3v) is 4.46. The highest BCUT2D eigenvalue weighted by atomic mass is 16.5. The minimum Gasteiger partial charge on any atom is -0.479 e. The predicted octanol–water partition coefficient (Wildman–Crippen LogP) is 2.11. The van der Waals surface area contributed by atoms with Crippen LogP contribution in [0.4, 0.5) is 10.5 Å². The van der Waals surface area contributed by atoms with Crippen LogP contribution in [-0.2, 0) is 4.79 Å². The van der Waals surface area contributed by atoms with E-state index in [1.165, 1.54) is 0 Å². The molecule has 1 saturated carbocycles. The van der Waals surface area contributed by atoms with Crippen molar-refractivity contribution in [1.29, 1.82) is 5.26 Å². The fourth-order valence-corrected chi connectivity index (χ4v) is 2.96. The highest BCUT2D eigenvalue weighted by Gasteiger charge is 2.35. The minimum absolute atomic E-state index is 0.0339. The monoisotopic (exact) mass is 342 g/mol. The summed E-state index contributed by atoms with van der Waals surface area (Å²) in [7, 11) is 0. The summed E-state index contributed by atoms with van der Waals surface area (Å²) in [6.07, 6.45) is 3.60. The van der Waals surface area contributed by atoms with Crippen molar-refractivity contribution >= 4 is 17.6 Å². The van der Waals surface area contributed by atoms with Crippen LogP contribution in [0.5, 0.6) is 5.75 Å². The number of urea groups is 1. The van der Waals surface area contributed by atoms with E-state index in [1.54, 1.807) is 24.3 Å². The zero-order valence-corrected chi connectivity index (χ0v) is 14.0. The SMILES string of the molecule is N#CCOc1cccc(NC(=O)NC2CCN(C(=O)C3CC3)CC2)c1. The van der Waals surface area contributed by atoms with E-state index in [4.69, 9.17) is 10.00 Å². The first kappa shape index (κ1) is 17.1. The second-order valence-electron chi connectivity index (χ2n) is 6.45. The van der Waals surface area contributed by atoms with E-state index in [-0.39, 0.29) is 30.5 Å². The van der Waals surface area contributed by atoms with Crippen LogP contribution in [0.3, 0.4) is 0 Å². The maximum atomic E-state index is 12.1. The lowest BCUT2D eigenvalue weighted by Crippen LogP contribution is -2.47. The minimum atomic E-state index is -0.274. The zero-order chi connectivity index (χ0) is 17.6. The van der Waals surface area contributed by atoms with Gasteiger partial charge < -0.3 is 20.3 Å². The molecule has 2 aliphatic rings. The van der Waals surface area contributed by atoms with Gasteiger partial charge in [-0.25, -0.2) is 4.79 Å². The fourth-order valence-electron chi connectivity index (χ4n) is 2.96. The molecule has 1 heterocycles. The van der Waals surface area contributed by atoms with Crippen molar-refractivity contribution in [3.63, 3.8) is 0 Å². The van der Waals surface area contributed by atoms with Crippen LogP contribution in [0, 0.1) is 17.2 Å². The Morgan fingerprint density at radius 3 is 2.68 bits per heavy atom. The lowest BCUT2D eigenvalue weighted by Gasteiger charge is -2.32. The van der Waals surface area contributed by atoms with Gasteiger partial charge >= 0.3 is 6.03 Å². The van der Waals surface area contributed by atoms with Gasteiger partial charge in [-0.15, -0.1) is 0 Å². The summed E-state index contributed by atoms with van der Waals surface area (Å²) in [6, 6.07) is 8.62. The molecule has 0 spiro atoms. The van der Waals surface area contributed by atoms with Gasteiger partial charge in [0.1, 0.15) is 11.8 Å². The predicted molar refractivity (Wildman–Crippen MR) is 92.0 cm³/mol. The van der Waals surface area contributed by atoms with Crippen LogP contribution in [-0.4, -0.2) is 42.6 Å². The van der Waals surface area contributed by atoms with Crippen LogP contribution in [0.2, 0.25) is 0 Å². The number of ether oxygens (including phenoxy) is 1. The number of likely N-dealkylation sites (tertiary alicyclic amines) is 1. The summed E-state index contributed by atoms with van der Waals surface area (Å²) >= 11 is 0. The second-order valence-corrected chi connectivity index (χ2v) is 6.45. The van der Waals surface area contributed by atoms with E-state index >= 15 is 0 Å². The molecule has 2 N–H and O–H groups in total. The lowest BCUT2D eigenvalue weighted by molar-refractivity contribution is -0.133. The summed E-state index contributed by atoms with van der Waals surface area (Å²) in [4.78, 5) is 26.1. The smallest absolute Gasteiger partial charge is 0.319 e. The molecule has 1 aromatic carbocycles. The van der Waals surface area contributed by atoms with E-state index in [1.807, 2.05) is 11.0 Å². The van der Waals surface area contributed by atoms with E-state index < -0.39 is 0 Å². The molecule has 1 saturated heterocycles. The van der Waals surface area contributed by atoms with Crippen LogP contribution >= 0.6 is 0 Å². The number of amides is 3. The number of piperidine rings is 1. The molecule has 0 bridgehead atoms. The molecule has 3 amide bonds. The normalized spacial score (nSPS) is 17.5. The number of nitrogens with one attached hydrogen (secondary N) is 2. The largest absolute Gasteiger partial charge is 0.479 e. The Labute approximate surface area is 146 Å². The maximum absolute atomic E-state index is 12.1. The first-order valence-electron chi connectivity index (χ1n) is 8.62. The van der Waals surface area contributed by atoms with Gasteiger partial charge in [0.2, 0.25) is 5.91 Å². The average Bonchev–Trinajstić information content (AvgIpc) is 3.45. The number of nitriles is 1. The van der Waals surface area contributed by atoms with Gasteiger partial charge in [0.25, 0.3) is 0 Å². The molecule has 2 fully saturated rings. The number of hydrogen-bond acceptors (Lipinski definition) is 4. The third kappa shape index (κ3) is 4.86. The summed E-state index contributed by atoms with van der Waals surface area (Å²) < 4.78 is 5.22. The second kappa shape index (κ2) is 7.88. The number of carbonyl (C=O) groups excluding carboxylic acids is 2. The molecule has 0 unspecified atom stereocenters. The molecule has 1 aliphatic heterocycles. The summed E-state index contributed by atoms with van der Waals surface area (Å²) in [5, 5.41) is 14.3. The van der Waals surface area contributed by atoms with E-state index in [9.17, 15) is 9.59 Å². The molecule has 1 aromatic rings. The van der Waals surface area contributed by atoms with Crippen molar-refractivity contribution in [3.05, 3.63) is 24.3 Å². The van der Waals surface area contributed by atoms with Gasteiger partial charge in [0, 0.05) is 36.8 Å². The van der Waals surface area contributed by atoms with Crippen molar-refractivity contribution in [1.82, 2.24) is 10.2 Å². The standard InChI is InChI=1S/C18H22N4O3/c19-8-11-25-16-3-1-2-15(12-16)21-18(24)20-14-6-9-22(10-7-14)17(23)13-4-5-13/h1-3,12-14H,4-7,9-11H2,(H2,20,21,24). The first-order valence-corrected chi connectivity index (χ1v) is 8.62. The topological polar surface area (TPSA) is 94.5 Å². The van der Waals surface area contributed by atoms with Gasteiger partial charge in [-0.05, 0) is 37.8 Å². The Morgan fingerprint density at radius 1 is 1.24 bits per heavy atom. The summed E-state index contributed by atoms with van der Waals surface area (Å²) in [5.74, 6) is 1.06. The van der Waals surface area contributed by atoms with Gasteiger partial charge in [-0.1, -0.05) is 6.07 Å². The Balaban J connectivity index is 1.44. The Hall–Kier alpha value is -2.75. The summed E-state index contributed by atoms with van der Waals surface area (Å²) in [6.45, 7) is 1.38. The third-order valence-electron chi connectivity index (χ3n) is 4.46. The molecule has 0 radical (unpaired) electrons. The van der Waals surface area contributed by atoms with E-state index in [0.29, 0.717) is 24.5 Å². The van der Waals surface area contributed by atoms with E-state index in [2.05, 4.69) is 10.6 Å². The fraction of sp³-hybridized carbons (Fsp3) is 0.500. The van der Waals surface area contributed by atoms with Crippen molar-refractivity contribution in [3.8, 4) is 11.8 Å². The van der Waals surface area contributed by atoms with Gasteiger partial charge in [0.15, 0.2) is 6.61 Å². The lowest BCUT2D eigenvalue weighted by atomic mass is 10.0. The molecule has 0 atom stereocenters. The zero-order valence-electron chi connectivity index (χ0n) is 14.0. The number of anilines is 1. The van der Waals surface area contributed by atoms with Crippen molar-refractivity contribution < 1.29 is 14.3 Å². The highest BCUT2D eigenvalue weighted by molar-refractivity contribution is 5.89. The number of benzene rings is 1. The van der Waals surface area contributed by atoms with E-state index in [0.717, 1.165) is 25.7 Å². The van der Waals surface area contributed by atoms with Crippen molar-refractivity contribution in [2.45, 2.75) is 31.7 Å². The maximum Gasteiger partial charge on any atom is 0.319 e. The quantitative estimate of drug-likeness (QED) is 0.857. The number of rotatable bonds is 5. The van der Waals surface area contributed by atoms with Crippen LogP contribution in [0.1, 0.15) is 25.7 Å². The van der Waals surface area contributed by atoms with Crippen molar-refractivity contribution in [2.24, 2.45) is 5.92 Å². The van der Waals surface area contributed by atoms with Crippen LogP contribution in [0.15, 0.2) is 24.3 Å². The molecule has 0 aromatic heterocycles. The molecular weight excluding hydrogens is 320 g/mol. The molecule has 1 aliphatic carbocycles. The van der Waals surface area contributed by atoms with Crippen LogP contribution in [0.25, 0.3) is 0 Å². The van der Waals surface area contributed by atoms with Gasteiger partial charge in [-0.2, -0.15) is 5.26 Å². The van der Waals surface area contributed by atoms with Gasteiger partial charge in [-0.3, -0.25) is 4.79 Å². The highest BCUT2D eigenvalue weighted by Crippen LogP contribution is 2.31. The number of nitrogens with zero attached hydrogens (tertiary/aromatic N) is 2. The van der Waals surface area contributed by atoms with Crippen molar-refractivity contribution in [2.75, 3.05) is 25.0 Å². The number of carbonyl (C=O) groups is 2. The molecule has 7 nitrogen and oxygen atoms in total. The Morgan fingerprint density at radius 2 is 2.00 bits per heavy atom. The molecule has 25 heavy (non-hydrogen) atoms. The van der Waals surface area contributed by atoms with Crippen LogP contribution < -0.4 is 15.4 Å². The number of hydrogen-bond donors (Lipinski definition) is 2. The first-order chi connectivity index (χ1) is 12.2. The molecular formula is C18H22N4O3. The Kier molecular flexibility index (Phi) is 5.39. The molecule has 3 rings (SSSR count).